The van der Waals surface area contributed by atoms with Crippen molar-refractivity contribution in [2.75, 3.05) is 26.3 Å². The summed E-state index contributed by atoms with van der Waals surface area (Å²) >= 11 is 0. The molecule has 23 heavy (non-hydrogen) atoms. The van der Waals surface area contributed by atoms with Crippen molar-refractivity contribution in [3.8, 4) is 0 Å². The van der Waals surface area contributed by atoms with Crippen molar-refractivity contribution >= 4 is 5.78 Å². The molecule has 0 aromatic heterocycles. The van der Waals surface area contributed by atoms with Crippen molar-refractivity contribution in [2.24, 2.45) is 0 Å². The number of aryl methyl sites for hydroxylation is 2. The first-order chi connectivity index (χ1) is 11.1. The number of hydrogen-bond acceptors (Lipinski definition) is 3. The van der Waals surface area contributed by atoms with E-state index in [0.29, 0.717) is 0 Å². The molecule has 0 atom stereocenters. The zero-order valence-electron chi connectivity index (χ0n) is 13.8. The fraction of sp³-hybridized carbons (Fsp3) is 0.350. The molecule has 2 aromatic rings. The van der Waals surface area contributed by atoms with Crippen LogP contribution in [0.3, 0.4) is 0 Å². The van der Waals surface area contributed by atoms with E-state index in [0.717, 1.165) is 55.1 Å². The lowest BCUT2D eigenvalue weighted by molar-refractivity contribution is 0.0342. The van der Waals surface area contributed by atoms with Crippen LogP contribution in [0.25, 0.3) is 0 Å². The van der Waals surface area contributed by atoms with Gasteiger partial charge in [0.15, 0.2) is 5.78 Å². The number of carbonyl (C=O) groups excluding carboxylic acids is 1. The molecule has 1 heterocycles. The highest BCUT2D eigenvalue weighted by atomic mass is 16.5. The molecule has 3 heteroatoms. The Kier molecular flexibility index (Phi) is 4.89. The highest BCUT2D eigenvalue weighted by Crippen LogP contribution is 2.18. The molecule has 0 unspecified atom stereocenters. The van der Waals surface area contributed by atoms with Crippen molar-refractivity contribution in [1.29, 1.82) is 0 Å². The van der Waals surface area contributed by atoms with Crippen molar-refractivity contribution < 1.29 is 9.53 Å². The van der Waals surface area contributed by atoms with Gasteiger partial charge in [-0.2, -0.15) is 0 Å². The van der Waals surface area contributed by atoms with Crippen LogP contribution in [0.4, 0.5) is 0 Å². The third-order valence-corrected chi connectivity index (χ3v) is 4.34. The van der Waals surface area contributed by atoms with Crippen LogP contribution in [-0.2, 0) is 11.3 Å². The van der Waals surface area contributed by atoms with Crippen LogP contribution >= 0.6 is 0 Å². The molecule has 0 radical (unpaired) electrons. The summed E-state index contributed by atoms with van der Waals surface area (Å²) in [6, 6.07) is 14.0. The van der Waals surface area contributed by atoms with Crippen molar-refractivity contribution in [1.82, 2.24) is 4.90 Å². The average Bonchev–Trinajstić information content (AvgIpc) is 2.57. The molecule has 0 spiro atoms. The van der Waals surface area contributed by atoms with Crippen molar-refractivity contribution in [2.45, 2.75) is 20.4 Å². The number of ether oxygens (including phenoxy) is 1. The summed E-state index contributed by atoms with van der Waals surface area (Å²) in [7, 11) is 0. The van der Waals surface area contributed by atoms with E-state index in [2.05, 4.69) is 11.0 Å². The van der Waals surface area contributed by atoms with E-state index in [1.807, 2.05) is 50.2 Å². The molecular formula is C20H23NO2. The Morgan fingerprint density at radius 1 is 1.09 bits per heavy atom. The highest BCUT2D eigenvalue weighted by Gasteiger charge is 2.14. The topological polar surface area (TPSA) is 29.5 Å². The maximum atomic E-state index is 12.8. The lowest BCUT2D eigenvalue weighted by Gasteiger charge is -2.26. The van der Waals surface area contributed by atoms with Crippen molar-refractivity contribution in [3.05, 3.63) is 70.3 Å². The summed E-state index contributed by atoms with van der Waals surface area (Å²) in [6.07, 6.45) is 0. The molecule has 3 rings (SSSR count). The molecule has 0 aliphatic carbocycles. The minimum atomic E-state index is 0.107. The Hall–Kier alpha value is -1.97. The molecule has 0 amide bonds. The second-order valence-electron chi connectivity index (χ2n) is 6.24. The van der Waals surface area contributed by atoms with Gasteiger partial charge in [-0.05, 0) is 37.1 Å². The number of nitrogens with zero attached hydrogens (tertiary/aromatic N) is 1. The van der Waals surface area contributed by atoms with E-state index in [-0.39, 0.29) is 5.78 Å². The molecular weight excluding hydrogens is 286 g/mol. The van der Waals surface area contributed by atoms with Crippen LogP contribution in [0.1, 0.15) is 32.6 Å². The second-order valence-corrected chi connectivity index (χ2v) is 6.24. The van der Waals surface area contributed by atoms with E-state index >= 15 is 0 Å². The first kappa shape index (κ1) is 15.9. The zero-order chi connectivity index (χ0) is 16.2. The van der Waals surface area contributed by atoms with E-state index in [1.54, 1.807) is 0 Å². The molecule has 0 saturated carbocycles. The van der Waals surface area contributed by atoms with Gasteiger partial charge in [-0.1, -0.05) is 35.9 Å². The summed E-state index contributed by atoms with van der Waals surface area (Å²) in [5.41, 5.74) is 4.89. The summed E-state index contributed by atoms with van der Waals surface area (Å²) in [6.45, 7) is 8.37. The summed E-state index contributed by atoms with van der Waals surface area (Å²) in [5.74, 6) is 0.107. The molecule has 120 valence electrons. The number of ketones is 1. The summed E-state index contributed by atoms with van der Waals surface area (Å²) in [4.78, 5) is 15.2. The van der Waals surface area contributed by atoms with Crippen LogP contribution < -0.4 is 0 Å². The Labute approximate surface area is 137 Å². The largest absolute Gasteiger partial charge is 0.379 e. The van der Waals surface area contributed by atoms with E-state index in [4.69, 9.17) is 4.74 Å². The smallest absolute Gasteiger partial charge is 0.193 e. The molecule has 3 nitrogen and oxygen atoms in total. The predicted molar refractivity (Wildman–Crippen MR) is 91.9 cm³/mol. The van der Waals surface area contributed by atoms with Gasteiger partial charge in [0.05, 0.1) is 13.2 Å². The van der Waals surface area contributed by atoms with Crippen LogP contribution in [0.5, 0.6) is 0 Å². The maximum absolute atomic E-state index is 12.8. The Balaban J connectivity index is 1.81. The molecule has 0 bridgehead atoms. The molecule has 1 aliphatic rings. The minimum Gasteiger partial charge on any atom is -0.379 e. The second kappa shape index (κ2) is 7.07. The first-order valence-electron chi connectivity index (χ1n) is 8.14. The van der Waals surface area contributed by atoms with Crippen LogP contribution in [0.15, 0.2) is 42.5 Å². The molecule has 0 N–H and O–H groups in total. The van der Waals surface area contributed by atoms with E-state index in [1.165, 1.54) is 5.56 Å². The normalized spacial score (nSPS) is 15.6. The Morgan fingerprint density at radius 3 is 2.65 bits per heavy atom. The van der Waals surface area contributed by atoms with Crippen LogP contribution in [0, 0.1) is 13.8 Å². The van der Waals surface area contributed by atoms with Gasteiger partial charge in [0.2, 0.25) is 0 Å². The molecule has 2 aromatic carbocycles. The number of hydrogen-bond donors (Lipinski definition) is 0. The van der Waals surface area contributed by atoms with Gasteiger partial charge in [0, 0.05) is 30.8 Å². The number of rotatable bonds is 4. The van der Waals surface area contributed by atoms with Gasteiger partial charge in [0.1, 0.15) is 0 Å². The first-order valence-corrected chi connectivity index (χ1v) is 8.14. The quantitative estimate of drug-likeness (QED) is 0.811. The number of benzene rings is 2. The van der Waals surface area contributed by atoms with Gasteiger partial charge in [-0.3, -0.25) is 9.69 Å². The number of morpholine rings is 1. The van der Waals surface area contributed by atoms with Gasteiger partial charge < -0.3 is 4.74 Å². The van der Waals surface area contributed by atoms with Gasteiger partial charge >= 0.3 is 0 Å². The zero-order valence-corrected chi connectivity index (χ0v) is 13.8. The SMILES string of the molecule is Cc1ccc(C)c(C(=O)c2cccc(CN3CCOCC3)c2)c1. The number of carbonyl (C=O) groups is 1. The minimum absolute atomic E-state index is 0.107. The monoisotopic (exact) mass is 309 g/mol. The fourth-order valence-electron chi connectivity index (χ4n) is 2.96. The highest BCUT2D eigenvalue weighted by molar-refractivity contribution is 6.10. The van der Waals surface area contributed by atoms with Gasteiger partial charge in [0.25, 0.3) is 0 Å². The third kappa shape index (κ3) is 3.87. The Morgan fingerprint density at radius 2 is 1.87 bits per heavy atom. The fourth-order valence-corrected chi connectivity index (χ4v) is 2.96. The van der Waals surface area contributed by atoms with Crippen molar-refractivity contribution in [3.63, 3.8) is 0 Å². The average molecular weight is 309 g/mol. The van der Waals surface area contributed by atoms with Gasteiger partial charge in [-0.15, -0.1) is 0 Å². The lowest BCUT2D eigenvalue weighted by Crippen LogP contribution is -2.35. The van der Waals surface area contributed by atoms with Gasteiger partial charge in [-0.25, -0.2) is 0 Å². The van der Waals surface area contributed by atoms with Crippen LogP contribution in [-0.4, -0.2) is 37.0 Å². The predicted octanol–water partition coefficient (Wildman–Crippen LogP) is 3.37. The molecule has 1 fully saturated rings. The molecule has 1 saturated heterocycles. The Bertz CT molecular complexity index is 703. The van der Waals surface area contributed by atoms with Crippen LogP contribution in [0.2, 0.25) is 0 Å². The van der Waals surface area contributed by atoms with E-state index in [9.17, 15) is 4.79 Å². The summed E-state index contributed by atoms with van der Waals surface area (Å²) in [5, 5.41) is 0. The standard InChI is InChI=1S/C20H23NO2/c1-15-6-7-16(2)19(12-15)20(22)18-5-3-4-17(13-18)14-21-8-10-23-11-9-21/h3-7,12-13H,8-11,14H2,1-2H3. The third-order valence-electron chi connectivity index (χ3n) is 4.34. The lowest BCUT2D eigenvalue weighted by atomic mass is 9.96. The summed E-state index contributed by atoms with van der Waals surface area (Å²) < 4.78 is 5.39. The maximum Gasteiger partial charge on any atom is 0.193 e. The van der Waals surface area contributed by atoms with E-state index < -0.39 is 0 Å². The molecule has 1 aliphatic heterocycles.